The lowest BCUT2D eigenvalue weighted by molar-refractivity contribution is 0.123. The van der Waals surface area contributed by atoms with Crippen molar-refractivity contribution in [3.8, 4) is 0 Å². The van der Waals surface area contributed by atoms with Crippen molar-refractivity contribution in [2.24, 2.45) is 5.84 Å². The molecule has 1 aromatic carbocycles. The highest BCUT2D eigenvalue weighted by atomic mass is 127. The van der Waals surface area contributed by atoms with Gasteiger partial charge in [0, 0.05) is 16.2 Å². The van der Waals surface area contributed by atoms with Crippen LogP contribution in [0.25, 0.3) is 0 Å². The molecule has 0 aliphatic rings. The molecule has 3 N–H and O–H groups in total. The van der Waals surface area contributed by atoms with Crippen LogP contribution in [-0.4, -0.2) is 19.3 Å². The van der Waals surface area contributed by atoms with Crippen molar-refractivity contribution in [1.29, 1.82) is 0 Å². The van der Waals surface area contributed by atoms with Gasteiger partial charge in [0.15, 0.2) is 0 Å². The molecule has 0 spiro atoms. The molecule has 0 amide bonds. The lowest BCUT2D eigenvalue weighted by Crippen LogP contribution is -2.40. The van der Waals surface area contributed by atoms with Crippen molar-refractivity contribution < 1.29 is 4.74 Å². The van der Waals surface area contributed by atoms with Crippen LogP contribution in [0.1, 0.15) is 12.5 Å². The Morgan fingerprint density at radius 2 is 2.07 bits per heavy atom. The maximum absolute atomic E-state index is 5.46. The Labute approximate surface area is 104 Å². The van der Waals surface area contributed by atoms with Gasteiger partial charge in [0.2, 0.25) is 0 Å². The maximum Gasteiger partial charge on any atom is 0.0636 e. The summed E-state index contributed by atoms with van der Waals surface area (Å²) in [7, 11) is 0. The SMILES string of the molecule is CCOCC(Cc1ccc(I)cc1)NN. The van der Waals surface area contributed by atoms with E-state index in [1.807, 2.05) is 6.92 Å². The van der Waals surface area contributed by atoms with E-state index in [0.29, 0.717) is 6.61 Å². The molecule has 0 heterocycles. The number of hydrogen-bond acceptors (Lipinski definition) is 3. The minimum atomic E-state index is 0.185. The van der Waals surface area contributed by atoms with Gasteiger partial charge in [-0.1, -0.05) is 12.1 Å². The van der Waals surface area contributed by atoms with Crippen molar-refractivity contribution in [1.82, 2.24) is 5.43 Å². The quantitative estimate of drug-likeness (QED) is 0.476. The molecular formula is C11H17IN2O. The van der Waals surface area contributed by atoms with E-state index in [1.165, 1.54) is 9.13 Å². The summed E-state index contributed by atoms with van der Waals surface area (Å²) >= 11 is 2.30. The maximum atomic E-state index is 5.46. The number of nitrogens with one attached hydrogen (secondary N) is 1. The molecule has 1 atom stereocenters. The van der Waals surface area contributed by atoms with E-state index in [1.54, 1.807) is 0 Å². The van der Waals surface area contributed by atoms with Gasteiger partial charge in [-0.25, -0.2) is 0 Å². The predicted molar refractivity (Wildman–Crippen MR) is 70.5 cm³/mol. The van der Waals surface area contributed by atoms with Gasteiger partial charge in [0.05, 0.1) is 6.61 Å². The van der Waals surface area contributed by atoms with Crippen molar-refractivity contribution in [3.05, 3.63) is 33.4 Å². The summed E-state index contributed by atoms with van der Waals surface area (Å²) in [6.07, 6.45) is 0.896. The standard InChI is InChI=1S/C11H17IN2O/c1-2-15-8-11(14-13)7-9-3-5-10(12)6-4-9/h3-6,11,14H,2,7-8,13H2,1H3. The fraction of sp³-hybridized carbons (Fsp3) is 0.455. The Kier molecular flexibility index (Phi) is 6.16. The van der Waals surface area contributed by atoms with E-state index in [0.717, 1.165) is 13.0 Å². The molecule has 0 saturated carbocycles. The number of benzene rings is 1. The normalized spacial score (nSPS) is 12.7. The second-order valence-electron chi connectivity index (χ2n) is 3.35. The first-order chi connectivity index (χ1) is 7.26. The third-order valence-corrected chi connectivity index (χ3v) is 2.87. The summed E-state index contributed by atoms with van der Waals surface area (Å²) < 4.78 is 6.59. The molecule has 15 heavy (non-hydrogen) atoms. The van der Waals surface area contributed by atoms with Crippen LogP contribution < -0.4 is 11.3 Å². The number of hydrazine groups is 1. The van der Waals surface area contributed by atoms with Crippen molar-refractivity contribution in [3.63, 3.8) is 0 Å². The molecule has 84 valence electrons. The average molecular weight is 320 g/mol. The molecule has 0 radical (unpaired) electrons. The van der Waals surface area contributed by atoms with E-state index in [9.17, 15) is 0 Å². The van der Waals surface area contributed by atoms with Crippen LogP contribution >= 0.6 is 22.6 Å². The van der Waals surface area contributed by atoms with E-state index >= 15 is 0 Å². The first kappa shape index (κ1) is 12.9. The molecule has 1 aromatic rings. The Morgan fingerprint density at radius 3 is 2.60 bits per heavy atom. The number of halogens is 1. The van der Waals surface area contributed by atoms with Crippen LogP contribution in [-0.2, 0) is 11.2 Å². The Balaban J connectivity index is 2.47. The van der Waals surface area contributed by atoms with Crippen LogP contribution in [0.5, 0.6) is 0 Å². The Hall–Kier alpha value is -0.170. The Morgan fingerprint density at radius 1 is 1.40 bits per heavy atom. The van der Waals surface area contributed by atoms with Crippen molar-refractivity contribution in [2.75, 3.05) is 13.2 Å². The van der Waals surface area contributed by atoms with E-state index in [-0.39, 0.29) is 6.04 Å². The van der Waals surface area contributed by atoms with Crippen LogP contribution in [0.2, 0.25) is 0 Å². The lowest BCUT2D eigenvalue weighted by Gasteiger charge is -2.15. The molecule has 3 nitrogen and oxygen atoms in total. The van der Waals surface area contributed by atoms with Gasteiger partial charge < -0.3 is 4.74 Å². The van der Waals surface area contributed by atoms with Gasteiger partial charge >= 0.3 is 0 Å². The molecule has 0 bridgehead atoms. The number of rotatable bonds is 6. The predicted octanol–water partition coefficient (Wildman–Crippen LogP) is 1.70. The molecule has 0 aromatic heterocycles. The highest BCUT2D eigenvalue weighted by Gasteiger charge is 2.07. The van der Waals surface area contributed by atoms with Gasteiger partial charge in [-0.05, 0) is 53.6 Å². The number of ether oxygens (including phenoxy) is 1. The second-order valence-corrected chi connectivity index (χ2v) is 4.60. The Bertz CT molecular complexity index is 276. The highest BCUT2D eigenvalue weighted by molar-refractivity contribution is 14.1. The lowest BCUT2D eigenvalue weighted by atomic mass is 10.1. The molecule has 0 aliphatic heterocycles. The third-order valence-electron chi connectivity index (χ3n) is 2.15. The van der Waals surface area contributed by atoms with Gasteiger partial charge in [-0.2, -0.15) is 0 Å². The highest BCUT2D eigenvalue weighted by Crippen LogP contribution is 2.08. The monoisotopic (exact) mass is 320 g/mol. The zero-order chi connectivity index (χ0) is 11.1. The third kappa shape index (κ3) is 4.92. The largest absolute Gasteiger partial charge is 0.380 e. The summed E-state index contributed by atoms with van der Waals surface area (Å²) in [5.41, 5.74) is 4.05. The second kappa shape index (κ2) is 7.16. The van der Waals surface area contributed by atoms with Crippen LogP contribution in [0.3, 0.4) is 0 Å². The molecule has 0 aliphatic carbocycles. The topological polar surface area (TPSA) is 47.3 Å². The van der Waals surface area contributed by atoms with Gasteiger partial charge in [0.1, 0.15) is 0 Å². The molecule has 0 saturated heterocycles. The van der Waals surface area contributed by atoms with E-state index < -0.39 is 0 Å². The summed E-state index contributed by atoms with van der Waals surface area (Å²) in [4.78, 5) is 0. The van der Waals surface area contributed by atoms with Crippen LogP contribution in [0, 0.1) is 3.57 Å². The van der Waals surface area contributed by atoms with Crippen molar-refractivity contribution in [2.45, 2.75) is 19.4 Å². The molecule has 0 fully saturated rings. The average Bonchev–Trinajstić information content (AvgIpc) is 2.27. The molecular weight excluding hydrogens is 303 g/mol. The summed E-state index contributed by atoms with van der Waals surface area (Å²) in [6.45, 7) is 3.36. The summed E-state index contributed by atoms with van der Waals surface area (Å²) in [5.74, 6) is 5.46. The van der Waals surface area contributed by atoms with Crippen LogP contribution in [0.4, 0.5) is 0 Å². The first-order valence-corrected chi connectivity index (χ1v) is 6.12. The summed E-state index contributed by atoms with van der Waals surface area (Å²) in [6, 6.07) is 8.63. The van der Waals surface area contributed by atoms with Gasteiger partial charge in [-0.15, -0.1) is 0 Å². The zero-order valence-electron chi connectivity index (χ0n) is 8.87. The number of nitrogens with two attached hydrogens (primary N) is 1. The fourth-order valence-corrected chi connectivity index (χ4v) is 1.69. The molecule has 1 unspecified atom stereocenters. The van der Waals surface area contributed by atoms with Gasteiger partial charge in [-0.3, -0.25) is 11.3 Å². The minimum absolute atomic E-state index is 0.185. The van der Waals surface area contributed by atoms with Gasteiger partial charge in [0.25, 0.3) is 0 Å². The zero-order valence-corrected chi connectivity index (χ0v) is 11.0. The van der Waals surface area contributed by atoms with Crippen molar-refractivity contribution >= 4 is 22.6 Å². The van der Waals surface area contributed by atoms with Crippen LogP contribution in [0.15, 0.2) is 24.3 Å². The first-order valence-electron chi connectivity index (χ1n) is 5.04. The smallest absolute Gasteiger partial charge is 0.0636 e. The van der Waals surface area contributed by atoms with E-state index in [2.05, 4.69) is 52.3 Å². The molecule has 4 heteroatoms. The number of hydrogen-bond donors (Lipinski definition) is 2. The summed E-state index contributed by atoms with van der Waals surface area (Å²) in [5, 5.41) is 0. The minimum Gasteiger partial charge on any atom is -0.380 e. The van der Waals surface area contributed by atoms with E-state index in [4.69, 9.17) is 10.6 Å². The molecule has 1 rings (SSSR count). The fourth-order valence-electron chi connectivity index (χ4n) is 1.33.